The fourth-order valence-electron chi connectivity index (χ4n) is 1.47. The van der Waals surface area contributed by atoms with Crippen LogP contribution in [0.3, 0.4) is 0 Å². The summed E-state index contributed by atoms with van der Waals surface area (Å²) in [5.74, 6) is -0.527. The lowest BCUT2D eigenvalue weighted by Crippen LogP contribution is -2.21. The van der Waals surface area contributed by atoms with Gasteiger partial charge in [-0.2, -0.15) is 0 Å². The lowest BCUT2D eigenvalue weighted by molar-refractivity contribution is -0.386. The van der Waals surface area contributed by atoms with Crippen molar-refractivity contribution in [3.63, 3.8) is 0 Å². The number of carbonyl (C=O) groups excluding carboxylic acids is 1. The van der Waals surface area contributed by atoms with Crippen LogP contribution >= 0.6 is 15.9 Å². The summed E-state index contributed by atoms with van der Waals surface area (Å²) in [6.45, 7) is 3.46. The zero-order chi connectivity index (χ0) is 15.3. The van der Waals surface area contributed by atoms with E-state index >= 15 is 0 Å². The third-order valence-electron chi connectivity index (χ3n) is 2.48. The summed E-state index contributed by atoms with van der Waals surface area (Å²) in [6.07, 6.45) is 3.73. The first-order valence-corrected chi connectivity index (χ1v) is 6.55. The van der Waals surface area contributed by atoms with Crippen LogP contribution in [0, 0.1) is 17.0 Å². The van der Waals surface area contributed by atoms with Gasteiger partial charge in [0.2, 0.25) is 0 Å². The summed E-state index contributed by atoms with van der Waals surface area (Å²) in [7, 11) is 0. The number of pyridine rings is 1. The highest BCUT2D eigenvalue weighted by Crippen LogP contribution is 2.22. The van der Waals surface area contributed by atoms with Crippen molar-refractivity contribution in [1.29, 1.82) is 0 Å². The highest BCUT2D eigenvalue weighted by atomic mass is 79.9. The first kappa shape index (κ1) is 16.1. The standard InChI is InChI=1S/C12H13BrN2O5/c1-3-20-10(16)5-4-6-14-7-9(15(18)19)8(2)11(13)12(14)17/h4-5,7H,3,6H2,1-2H3/b5-4+. The van der Waals surface area contributed by atoms with Crippen LogP contribution in [0.4, 0.5) is 5.69 Å². The molecule has 8 heteroatoms. The summed E-state index contributed by atoms with van der Waals surface area (Å²) in [4.78, 5) is 33.3. The van der Waals surface area contributed by atoms with E-state index in [1.165, 1.54) is 19.1 Å². The fraction of sp³-hybridized carbons (Fsp3) is 0.333. The maximum absolute atomic E-state index is 11.9. The molecule has 0 N–H and O–H groups in total. The van der Waals surface area contributed by atoms with Crippen LogP contribution in [0.25, 0.3) is 0 Å². The molecule has 0 unspecified atom stereocenters. The number of ether oxygens (including phenoxy) is 1. The molecule has 0 amide bonds. The maximum Gasteiger partial charge on any atom is 0.330 e. The second-order valence-electron chi connectivity index (χ2n) is 3.82. The van der Waals surface area contributed by atoms with Crippen molar-refractivity contribution in [3.8, 4) is 0 Å². The minimum Gasteiger partial charge on any atom is -0.463 e. The largest absolute Gasteiger partial charge is 0.463 e. The van der Waals surface area contributed by atoms with Gasteiger partial charge in [-0.15, -0.1) is 0 Å². The number of esters is 1. The molecule has 20 heavy (non-hydrogen) atoms. The van der Waals surface area contributed by atoms with Crippen molar-refractivity contribution in [2.75, 3.05) is 6.61 Å². The molecule has 0 spiro atoms. The van der Waals surface area contributed by atoms with Crippen molar-refractivity contribution in [3.05, 3.63) is 48.9 Å². The minimum atomic E-state index is -0.564. The third kappa shape index (κ3) is 3.77. The first-order valence-electron chi connectivity index (χ1n) is 5.75. The molecule has 0 aromatic carbocycles. The monoisotopic (exact) mass is 344 g/mol. The van der Waals surface area contributed by atoms with Crippen molar-refractivity contribution < 1.29 is 14.5 Å². The van der Waals surface area contributed by atoms with Gasteiger partial charge >= 0.3 is 5.97 Å². The molecule has 0 aliphatic heterocycles. The summed E-state index contributed by atoms with van der Waals surface area (Å²) in [6, 6.07) is 0. The topological polar surface area (TPSA) is 91.4 Å². The normalized spacial score (nSPS) is 10.8. The van der Waals surface area contributed by atoms with Gasteiger partial charge in [-0.3, -0.25) is 14.9 Å². The Kier molecular flexibility index (Phi) is 5.63. The Bertz CT molecular complexity index is 621. The predicted octanol–water partition coefficient (Wildman–Crippen LogP) is 1.95. The quantitative estimate of drug-likeness (QED) is 0.352. The number of nitro groups is 1. The number of hydrogen-bond donors (Lipinski definition) is 0. The van der Waals surface area contributed by atoms with E-state index in [1.807, 2.05) is 0 Å². The highest BCUT2D eigenvalue weighted by Gasteiger charge is 2.17. The average molecular weight is 345 g/mol. The number of carbonyl (C=O) groups is 1. The Morgan fingerprint density at radius 2 is 2.25 bits per heavy atom. The Labute approximate surface area is 123 Å². The lowest BCUT2D eigenvalue weighted by Gasteiger charge is -2.06. The molecule has 108 valence electrons. The van der Waals surface area contributed by atoms with Crippen molar-refractivity contribution in [2.45, 2.75) is 20.4 Å². The van der Waals surface area contributed by atoms with Gasteiger partial charge in [0.05, 0.1) is 22.2 Å². The molecule has 0 aliphatic rings. The molecule has 0 atom stereocenters. The molecule has 0 radical (unpaired) electrons. The van der Waals surface area contributed by atoms with Gasteiger partial charge in [0.1, 0.15) is 0 Å². The second-order valence-corrected chi connectivity index (χ2v) is 4.62. The zero-order valence-electron chi connectivity index (χ0n) is 11.0. The summed E-state index contributed by atoms with van der Waals surface area (Å²) >= 11 is 3.04. The van der Waals surface area contributed by atoms with Gasteiger partial charge in [-0.1, -0.05) is 6.08 Å². The number of allylic oxidation sites excluding steroid dienone is 1. The molecule has 0 bridgehead atoms. The van der Waals surface area contributed by atoms with Gasteiger partial charge < -0.3 is 9.30 Å². The number of hydrogen-bond acceptors (Lipinski definition) is 5. The van der Waals surface area contributed by atoms with E-state index < -0.39 is 16.5 Å². The third-order valence-corrected chi connectivity index (χ3v) is 3.41. The van der Waals surface area contributed by atoms with Gasteiger partial charge in [0.25, 0.3) is 11.2 Å². The van der Waals surface area contributed by atoms with Gasteiger partial charge in [-0.05, 0) is 29.8 Å². The Balaban J connectivity index is 3.05. The molecule has 1 rings (SSSR count). The summed E-state index contributed by atoms with van der Waals surface area (Å²) in [5.41, 5.74) is -0.298. The van der Waals surface area contributed by atoms with Crippen molar-refractivity contribution >= 4 is 27.6 Å². The van der Waals surface area contributed by atoms with E-state index in [-0.39, 0.29) is 28.9 Å². The predicted molar refractivity (Wildman–Crippen MR) is 75.6 cm³/mol. The van der Waals surface area contributed by atoms with E-state index in [1.54, 1.807) is 6.92 Å². The van der Waals surface area contributed by atoms with Gasteiger partial charge in [-0.25, -0.2) is 4.79 Å². The van der Waals surface area contributed by atoms with E-state index in [2.05, 4.69) is 20.7 Å². The van der Waals surface area contributed by atoms with Crippen LogP contribution in [-0.2, 0) is 16.1 Å². The number of rotatable bonds is 5. The molecular formula is C12H13BrN2O5. The van der Waals surface area contributed by atoms with Crippen LogP contribution < -0.4 is 5.56 Å². The summed E-state index contributed by atoms with van der Waals surface area (Å²) in [5, 5.41) is 10.9. The molecular weight excluding hydrogens is 332 g/mol. The summed E-state index contributed by atoms with van der Waals surface area (Å²) < 4.78 is 5.96. The van der Waals surface area contributed by atoms with E-state index in [0.717, 1.165) is 10.8 Å². The molecule has 0 saturated carbocycles. The number of aromatic nitrogens is 1. The van der Waals surface area contributed by atoms with Crippen LogP contribution in [0.15, 0.2) is 27.6 Å². The molecule has 0 saturated heterocycles. The second kappa shape index (κ2) is 6.99. The average Bonchev–Trinajstić information content (AvgIpc) is 2.38. The maximum atomic E-state index is 11.9. The van der Waals surface area contributed by atoms with Crippen LogP contribution in [-0.4, -0.2) is 22.1 Å². The molecule has 0 fully saturated rings. The Morgan fingerprint density at radius 1 is 1.60 bits per heavy atom. The molecule has 1 heterocycles. The first-order chi connectivity index (χ1) is 9.38. The zero-order valence-corrected chi connectivity index (χ0v) is 12.5. The van der Waals surface area contributed by atoms with Crippen molar-refractivity contribution in [1.82, 2.24) is 4.57 Å². The van der Waals surface area contributed by atoms with Crippen LogP contribution in [0.5, 0.6) is 0 Å². The van der Waals surface area contributed by atoms with Crippen LogP contribution in [0.1, 0.15) is 12.5 Å². The number of halogens is 1. The number of nitrogens with zero attached hydrogens (tertiary/aromatic N) is 2. The molecule has 1 aromatic rings. The van der Waals surface area contributed by atoms with Crippen molar-refractivity contribution in [2.24, 2.45) is 0 Å². The molecule has 0 aliphatic carbocycles. The Morgan fingerprint density at radius 3 is 2.80 bits per heavy atom. The van der Waals surface area contributed by atoms with E-state index in [4.69, 9.17) is 0 Å². The van der Waals surface area contributed by atoms with E-state index in [0.29, 0.717) is 0 Å². The lowest BCUT2D eigenvalue weighted by atomic mass is 10.2. The molecule has 7 nitrogen and oxygen atoms in total. The molecule has 1 aromatic heterocycles. The SMILES string of the molecule is CCOC(=O)/C=C/Cn1cc([N+](=O)[O-])c(C)c(Br)c1=O. The van der Waals surface area contributed by atoms with Crippen LogP contribution in [0.2, 0.25) is 0 Å². The minimum absolute atomic E-state index is 0.0391. The highest BCUT2D eigenvalue weighted by molar-refractivity contribution is 9.10. The van der Waals surface area contributed by atoms with Gasteiger partial charge in [0.15, 0.2) is 0 Å². The van der Waals surface area contributed by atoms with E-state index in [9.17, 15) is 19.7 Å². The smallest absolute Gasteiger partial charge is 0.330 e. The van der Waals surface area contributed by atoms with Gasteiger partial charge in [0, 0.05) is 18.2 Å². The Hall–Kier alpha value is -1.96. The fourth-order valence-corrected chi connectivity index (χ4v) is 1.91.